The summed E-state index contributed by atoms with van der Waals surface area (Å²) in [6, 6.07) is 8.59. The Kier molecular flexibility index (Phi) is 7.65. The SMILES string of the molecule is CCOC(CCNCc1ccc(C)cc1)OCC. The summed E-state index contributed by atoms with van der Waals surface area (Å²) < 4.78 is 11.0. The largest absolute Gasteiger partial charge is 0.353 e. The highest BCUT2D eigenvalue weighted by molar-refractivity contribution is 5.20. The average molecular weight is 251 g/mol. The number of benzene rings is 1. The number of aryl methyl sites for hydroxylation is 1. The summed E-state index contributed by atoms with van der Waals surface area (Å²) in [6.45, 7) is 9.28. The molecular weight excluding hydrogens is 226 g/mol. The van der Waals surface area contributed by atoms with Crippen LogP contribution in [0.15, 0.2) is 24.3 Å². The molecule has 1 aromatic rings. The van der Waals surface area contributed by atoms with Crippen LogP contribution < -0.4 is 5.32 Å². The first-order valence-corrected chi connectivity index (χ1v) is 6.75. The molecule has 0 saturated carbocycles. The summed E-state index contributed by atoms with van der Waals surface area (Å²) in [7, 11) is 0. The van der Waals surface area contributed by atoms with Crippen LogP contribution in [0.3, 0.4) is 0 Å². The molecule has 0 fully saturated rings. The van der Waals surface area contributed by atoms with Gasteiger partial charge in [-0.15, -0.1) is 0 Å². The Morgan fingerprint density at radius 1 is 1.06 bits per heavy atom. The Morgan fingerprint density at radius 3 is 2.22 bits per heavy atom. The third kappa shape index (κ3) is 6.15. The fraction of sp³-hybridized carbons (Fsp3) is 0.600. The molecule has 0 aliphatic carbocycles. The Morgan fingerprint density at radius 2 is 1.67 bits per heavy atom. The second kappa shape index (κ2) is 9.09. The molecule has 0 bridgehead atoms. The molecule has 102 valence electrons. The molecule has 1 N–H and O–H groups in total. The molecule has 0 heterocycles. The van der Waals surface area contributed by atoms with Gasteiger partial charge in [-0.25, -0.2) is 0 Å². The van der Waals surface area contributed by atoms with Crippen molar-refractivity contribution in [3.8, 4) is 0 Å². The maximum atomic E-state index is 5.49. The average Bonchev–Trinajstić information content (AvgIpc) is 2.37. The van der Waals surface area contributed by atoms with E-state index in [2.05, 4.69) is 36.5 Å². The predicted octanol–water partition coefficient (Wildman–Crippen LogP) is 2.87. The van der Waals surface area contributed by atoms with E-state index in [1.165, 1.54) is 11.1 Å². The van der Waals surface area contributed by atoms with Crippen LogP contribution in [0.2, 0.25) is 0 Å². The number of ether oxygens (including phenoxy) is 2. The van der Waals surface area contributed by atoms with Crippen molar-refractivity contribution in [1.29, 1.82) is 0 Å². The number of rotatable bonds is 9. The van der Waals surface area contributed by atoms with Gasteiger partial charge in [0.25, 0.3) is 0 Å². The van der Waals surface area contributed by atoms with Crippen LogP contribution in [0.5, 0.6) is 0 Å². The minimum atomic E-state index is -0.0782. The van der Waals surface area contributed by atoms with E-state index < -0.39 is 0 Å². The molecule has 3 heteroatoms. The zero-order valence-corrected chi connectivity index (χ0v) is 11.7. The molecule has 0 aliphatic heterocycles. The van der Waals surface area contributed by atoms with Crippen molar-refractivity contribution in [2.24, 2.45) is 0 Å². The van der Waals surface area contributed by atoms with Crippen LogP contribution in [0.4, 0.5) is 0 Å². The molecule has 0 radical (unpaired) electrons. The zero-order chi connectivity index (χ0) is 13.2. The van der Waals surface area contributed by atoms with Crippen LogP contribution in [0.25, 0.3) is 0 Å². The van der Waals surface area contributed by atoms with Crippen molar-refractivity contribution in [3.05, 3.63) is 35.4 Å². The maximum Gasteiger partial charge on any atom is 0.158 e. The van der Waals surface area contributed by atoms with Crippen LogP contribution in [0.1, 0.15) is 31.4 Å². The molecule has 0 amide bonds. The number of hydrogen-bond donors (Lipinski definition) is 1. The highest BCUT2D eigenvalue weighted by Gasteiger charge is 2.06. The first-order valence-electron chi connectivity index (χ1n) is 6.75. The molecule has 0 aliphatic rings. The van der Waals surface area contributed by atoms with Crippen molar-refractivity contribution in [1.82, 2.24) is 5.32 Å². The molecule has 0 atom stereocenters. The molecule has 0 unspecified atom stereocenters. The Labute approximate surface area is 110 Å². The predicted molar refractivity (Wildman–Crippen MR) is 74.5 cm³/mol. The second-order valence-corrected chi connectivity index (χ2v) is 4.29. The van der Waals surface area contributed by atoms with Gasteiger partial charge in [0.15, 0.2) is 6.29 Å². The lowest BCUT2D eigenvalue weighted by Gasteiger charge is -2.17. The Bertz CT molecular complexity index is 305. The fourth-order valence-electron chi connectivity index (χ4n) is 1.75. The van der Waals surface area contributed by atoms with Crippen molar-refractivity contribution < 1.29 is 9.47 Å². The zero-order valence-electron chi connectivity index (χ0n) is 11.7. The molecule has 1 rings (SSSR count). The molecule has 18 heavy (non-hydrogen) atoms. The third-order valence-corrected chi connectivity index (χ3v) is 2.71. The summed E-state index contributed by atoms with van der Waals surface area (Å²) in [5.41, 5.74) is 2.61. The van der Waals surface area contributed by atoms with Gasteiger partial charge in [0.2, 0.25) is 0 Å². The highest BCUT2D eigenvalue weighted by atomic mass is 16.7. The van der Waals surface area contributed by atoms with Gasteiger partial charge in [0.1, 0.15) is 0 Å². The van der Waals surface area contributed by atoms with E-state index in [9.17, 15) is 0 Å². The fourth-order valence-corrected chi connectivity index (χ4v) is 1.75. The van der Waals surface area contributed by atoms with Crippen LogP contribution >= 0.6 is 0 Å². The second-order valence-electron chi connectivity index (χ2n) is 4.29. The van der Waals surface area contributed by atoms with Gasteiger partial charge in [-0.2, -0.15) is 0 Å². The van der Waals surface area contributed by atoms with Crippen LogP contribution in [-0.2, 0) is 16.0 Å². The Balaban J connectivity index is 2.18. The first-order chi connectivity index (χ1) is 8.76. The van der Waals surface area contributed by atoms with E-state index in [0.717, 1.165) is 19.5 Å². The molecule has 0 spiro atoms. The molecular formula is C15H25NO2. The lowest BCUT2D eigenvalue weighted by molar-refractivity contribution is -0.138. The van der Waals surface area contributed by atoms with Gasteiger partial charge in [-0.1, -0.05) is 29.8 Å². The van der Waals surface area contributed by atoms with Crippen molar-refractivity contribution in [3.63, 3.8) is 0 Å². The van der Waals surface area contributed by atoms with Gasteiger partial charge in [0.05, 0.1) is 0 Å². The molecule has 0 saturated heterocycles. The van der Waals surface area contributed by atoms with Crippen molar-refractivity contribution in [2.75, 3.05) is 19.8 Å². The highest BCUT2D eigenvalue weighted by Crippen LogP contribution is 2.03. The van der Waals surface area contributed by atoms with Gasteiger partial charge < -0.3 is 14.8 Å². The van der Waals surface area contributed by atoms with Gasteiger partial charge in [-0.05, 0) is 26.3 Å². The normalized spacial score (nSPS) is 11.1. The molecule has 1 aromatic carbocycles. The van der Waals surface area contributed by atoms with Crippen LogP contribution in [0, 0.1) is 6.92 Å². The third-order valence-electron chi connectivity index (χ3n) is 2.71. The lowest BCUT2D eigenvalue weighted by Crippen LogP contribution is -2.24. The Hall–Kier alpha value is -0.900. The summed E-state index contributed by atoms with van der Waals surface area (Å²) in [6.07, 6.45) is 0.804. The lowest BCUT2D eigenvalue weighted by atomic mass is 10.1. The van der Waals surface area contributed by atoms with Gasteiger partial charge in [-0.3, -0.25) is 0 Å². The van der Waals surface area contributed by atoms with Gasteiger partial charge >= 0.3 is 0 Å². The standard InChI is InChI=1S/C15H25NO2/c1-4-17-15(18-5-2)10-11-16-12-14-8-6-13(3)7-9-14/h6-9,15-16H,4-5,10-12H2,1-3H3. The molecule has 3 nitrogen and oxygen atoms in total. The quantitative estimate of drug-likeness (QED) is 0.541. The molecule has 0 aromatic heterocycles. The van der Waals surface area contributed by atoms with Gasteiger partial charge in [0, 0.05) is 32.7 Å². The van der Waals surface area contributed by atoms with Crippen LogP contribution in [-0.4, -0.2) is 26.0 Å². The number of nitrogens with one attached hydrogen (secondary N) is 1. The topological polar surface area (TPSA) is 30.5 Å². The maximum absolute atomic E-state index is 5.49. The summed E-state index contributed by atoms with van der Waals surface area (Å²) >= 11 is 0. The minimum Gasteiger partial charge on any atom is -0.353 e. The van der Waals surface area contributed by atoms with E-state index in [1.54, 1.807) is 0 Å². The number of hydrogen-bond acceptors (Lipinski definition) is 3. The minimum absolute atomic E-state index is 0.0782. The van der Waals surface area contributed by atoms with E-state index in [4.69, 9.17) is 9.47 Å². The van der Waals surface area contributed by atoms with E-state index in [0.29, 0.717) is 13.2 Å². The van der Waals surface area contributed by atoms with E-state index in [-0.39, 0.29) is 6.29 Å². The monoisotopic (exact) mass is 251 g/mol. The summed E-state index contributed by atoms with van der Waals surface area (Å²) in [4.78, 5) is 0. The van der Waals surface area contributed by atoms with Crippen molar-refractivity contribution in [2.45, 2.75) is 40.0 Å². The summed E-state index contributed by atoms with van der Waals surface area (Å²) in [5, 5.41) is 3.41. The van der Waals surface area contributed by atoms with E-state index in [1.807, 2.05) is 13.8 Å². The van der Waals surface area contributed by atoms with E-state index >= 15 is 0 Å². The first kappa shape index (κ1) is 15.2. The van der Waals surface area contributed by atoms with Crippen molar-refractivity contribution >= 4 is 0 Å². The smallest absolute Gasteiger partial charge is 0.158 e. The summed E-state index contributed by atoms with van der Waals surface area (Å²) in [5.74, 6) is 0.